The molecule has 0 aliphatic heterocycles. The van der Waals surface area contributed by atoms with Crippen LogP contribution in [0.3, 0.4) is 0 Å². The zero-order valence-corrected chi connectivity index (χ0v) is 12.0. The van der Waals surface area contributed by atoms with Gasteiger partial charge in [0.1, 0.15) is 10.8 Å². The Labute approximate surface area is 117 Å². The molecule has 0 saturated heterocycles. The van der Waals surface area contributed by atoms with E-state index >= 15 is 0 Å². The van der Waals surface area contributed by atoms with Gasteiger partial charge >= 0.3 is 0 Å². The monoisotopic (exact) mass is 277 g/mol. The highest BCUT2D eigenvalue weighted by Crippen LogP contribution is 2.30. The fourth-order valence-corrected chi connectivity index (χ4v) is 1.73. The number of hydrogen-bond acceptors (Lipinski definition) is 4. The van der Waals surface area contributed by atoms with Crippen LogP contribution in [0.15, 0.2) is 24.4 Å². The minimum atomic E-state index is 0.362. The lowest BCUT2D eigenvalue weighted by Gasteiger charge is -2.11. The molecule has 0 bridgehead atoms. The van der Waals surface area contributed by atoms with Crippen molar-refractivity contribution >= 4 is 17.5 Å². The van der Waals surface area contributed by atoms with Crippen LogP contribution in [0.25, 0.3) is 0 Å². The topological polar surface area (TPSA) is 47.0 Å². The summed E-state index contributed by atoms with van der Waals surface area (Å²) in [6.07, 6.45) is 1.53. The second-order valence-corrected chi connectivity index (χ2v) is 4.58. The van der Waals surface area contributed by atoms with Crippen molar-refractivity contribution in [2.75, 3.05) is 11.9 Å². The quantitative estimate of drug-likeness (QED) is 0.918. The van der Waals surface area contributed by atoms with Gasteiger partial charge in [-0.15, -0.1) is 0 Å². The molecule has 0 amide bonds. The molecule has 0 aliphatic carbocycles. The third kappa shape index (κ3) is 3.15. The molecule has 2 aromatic rings. The van der Waals surface area contributed by atoms with Gasteiger partial charge in [-0.25, -0.2) is 4.98 Å². The smallest absolute Gasteiger partial charge is 0.243 e. The van der Waals surface area contributed by atoms with Crippen LogP contribution in [0.4, 0.5) is 5.95 Å². The van der Waals surface area contributed by atoms with Gasteiger partial charge in [0.25, 0.3) is 0 Å². The third-order valence-corrected chi connectivity index (χ3v) is 3.07. The van der Waals surface area contributed by atoms with E-state index in [1.807, 2.05) is 39.0 Å². The van der Waals surface area contributed by atoms with Gasteiger partial charge in [-0.2, -0.15) is 4.98 Å². The van der Waals surface area contributed by atoms with Crippen molar-refractivity contribution in [3.8, 4) is 11.6 Å². The summed E-state index contributed by atoms with van der Waals surface area (Å²) < 4.78 is 5.78. The van der Waals surface area contributed by atoms with Crippen LogP contribution < -0.4 is 10.1 Å². The number of anilines is 1. The van der Waals surface area contributed by atoms with E-state index in [0.29, 0.717) is 16.9 Å². The van der Waals surface area contributed by atoms with Gasteiger partial charge in [-0.1, -0.05) is 23.7 Å². The van der Waals surface area contributed by atoms with Gasteiger partial charge in [0.15, 0.2) is 0 Å². The summed E-state index contributed by atoms with van der Waals surface area (Å²) in [5, 5.41) is 3.42. The first-order chi connectivity index (χ1) is 9.11. The Kier molecular flexibility index (Phi) is 4.22. The summed E-state index contributed by atoms with van der Waals surface area (Å²) in [5.41, 5.74) is 2.23. The highest BCUT2D eigenvalue weighted by Gasteiger charge is 2.10. The fourth-order valence-electron chi connectivity index (χ4n) is 1.61. The highest BCUT2D eigenvalue weighted by molar-refractivity contribution is 6.31. The van der Waals surface area contributed by atoms with E-state index in [2.05, 4.69) is 15.3 Å². The maximum Gasteiger partial charge on any atom is 0.243 e. The van der Waals surface area contributed by atoms with Crippen molar-refractivity contribution in [1.29, 1.82) is 0 Å². The maximum atomic E-state index is 6.06. The second kappa shape index (κ2) is 5.89. The molecule has 0 spiro atoms. The minimum absolute atomic E-state index is 0.362. The molecule has 19 heavy (non-hydrogen) atoms. The number of benzene rings is 1. The lowest BCUT2D eigenvalue weighted by molar-refractivity contribution is 0.458. The Morgan fingerprint density at radius 2 is 2.11 bits per heavy atom. The largest absolute Gasteiger partial charge is 0.437 e. The Balaban J connectivity index is 2.32. The van der Waals surface area contributed by atoms with Gasteiger partial charge in [0, 0.05) is 6.54 Å². The van der Waals surface area contributed by atoms with Crippen LogP contribution >= 0.6 is 11.6 Å². The number of ether oxygens (including phenoxy) is 1. The Morgan fingerprint density at radius 3 is 2.84 bits per heavy atom. The Bertz CT molecular complexity index is 587. The number of nitrogens with zero attached hydrogens (tertiary/aromatic N) is 2. The average molecular weight is 278 g/mol. The normalized spacial score (nSPS) is 10.3. The minimum Gasteiger partial charge on any atom is -0.437 e. The summed E-state index contributed by atoms with van der Waals surface area (Å²) in [7, 11) is 0. The molecule has 0 radical (unpaired) electrons. The molecule has 0 saturated carbocycles. The molecule has 5 heteroatoms. The van der Waals surface area contributed by atoms with E-state index in [9.17, 15) is 0 Å². The predicted octanol–water partition coefficient (Wildman–Crippen LogP) is 3.97. The van der Waals surface area contributed by atoms with E-state index in [0.717, 1.165) is 23.4 Å². The number of hydrogen-bond donors (Lipinski definition) is 1. The lowest BCUT2D eigenvalue weighted by Crippen LogP contribution is -2.03. The van der Waals surface area contributed by atoms with Crippen LogP contribution in [-0.4, -0.2) is 16.5 Å². The number of nitrogens with one attached hydrogen (secondary N) is 1. The molecule has 0 atom stereocenters. The SMILES string of the molecule is CCNc1ncc(Cl)c(Oc2cccc(C)c2C)n1. The van der Waals surface area contributed by atoms with Crippen LogP contribution in [0.1, 0.15) is 18.1 Å². The van der Waals surface area contributed by atoms with E-state index in [4.69, 9.17) is 16.3 Å². The molecule has 0 aliphatic rings. The van der Waals surface area contributed by atoms with E-state index in [1.165, 1.54) is 6.20 Å². The first-order valence-electron chi connectivity index (χ1n) is 6.12. The zero-order chi connectivity index (χ0) is 13.8. The molecule has 1 aromatic carbocycles. The lowest BCUT2D eigenvalue weighted by atomic mass is 10.1. The number of aryl methyl sites for hydroxylation is 1. The standard InChI is InChI=1S/C14H16ClN3O/c1-4-16-14-17-8-11(15)13(18-14)19-12-7-5-6-9(2)10(12)3/h5-8H,4H2,1-3H3,(H,16,17,18). The van der Waals surface area contributed by atoms with Crippen molar-refractivity contribution in [3.63, 3.8) is 0 Å². The van der Waals surface area contributed by atoms with Crippen molar-refractivity contribution in [2.24, 2.45) is 0 Å². The van der Waals surface area contributed by atoms with Gasteiger partial charge in [0.2, 0.25) is 11.8 Å². The van der Waals surface area contributed by atoms with Crippen molar-refractivity contribution in [3.05, 3.63) is 40.5 Å². The van der Waals surface area contributed by atoms with Gasteiger partial charge in [0.05, 0.1) is 6.20 Å². The van der Waals surface area contributed by atoms with Crippen molar-refractivity contribution in [2.45, 2.75) is 20.8 Å². The summed E-state index contributed by atoms with van der Waals surface area (Å²) in [6, 6.07) is 5.87. The molecule has 4 nitrogen and oxygen atoms in total. The third-order valence-electron chi connectivity index (χ3n) is 2.81. The molecular weight excluding hydrogens is 262 g/mol. The van der Waals surface area contributed by atoms with Crippen molar-refractivity contribution in [1.82, 2.24) is 9.97 Å². The molecule has 1 aromatic heterocycles. The zero-order valence-electron chi connectivity index (χ0n) is 11.2. The Morgan fingerprint density at radius 1 is 1.32 bits per heavy atom. The van der Waals surface area contributed by atoms with Gasteiger partial charge in [-0.05, 0) is 38.0 Å². The number of aromatic nitrogens is 2. The summed E-state index contributed by atoms with van der Waals surface area (Å²) >= 11 is 6.06. The molecule has 0 fully saturated rings. The molecule has 100 valence electrons. The van der Waals surface area contributed by atoms with Gasteiger partial charge in [-0.3, -0.25) is 0 Å². The van der Waals surface area contributed by atoms with Crippen LogP contribution in [0, 0.1) is 13.8 Å². The molecule has 0 unspecified atom stereocenters. The van der Waals surface area contributed by atoms with E-state index < -0.39 is 0 Å². The van der Waals surface area contributed by atoms with Gasteiger partial charge < -0.3 is 10.1 Å². The predicted molar refractivity (Wildman–Crippen MR) is 77.2 cm³/mol. The number of rotatable bonds is 4. The Hall–Kier alpha value is -1.81. The highest BCUT2D eigenvalue weighted by atomic mass is 35.5. The summed E-state index contributed by atoms with van der Waals surface area (Å²) in [5.74, 6) is 1.62. The van der Waals surface area contributed by atoms with E-state index in [-0.39, 0.29) is 0 Å². The molecule has 1 N–H and O–H groups in total. The summed E-state index contributed by atoms with van der Waals surface area (Å²) in [6.45, 7) is 6.76. The maximum absolute atomic E-state index is 6.06. The van der Waals surface area contributed by atoms with Crippen LogP contribution in [0.5, 0.6) is 11.6 Å². The van der Waals surface area contributed by atoms with Crippen LogP contribution in [-0.2, 0) is 0 Å². The molecule has 2 rings (SSSR count). The molecule has 1 heterocycles. The molecular formula is C14H16ClN3O. The first kappa shape index (κ1) is 13.6. The second-order valence-electron chi connectivity index (χ2n) is 4.18. The first-order valence-corrected chi connectivity index (χ1v) is 6.50. The van der Waals surface area contributed by atoms with Crippen LogP contribution in [0.2, 0.25) is 5.02 Å². The number of halogens is 1. The fraction of sp³-hybridized carbons (Fsp3) is 0.286. The van der Waals surface area contributed by atoms with E-state index in [1.54, 1.807) is 0 Å². The summed E-state index contributed by atoms with van der Waals surface area (Å²) in [4.78, 5) is 8.33. The average Bonchev–Trinajstić information content (AvgIpc) is 2.39. The van der Waals surface area contributed by atoms with Crippen molar-refractivity contribution < 1.29 is 4.74 Å².